The van der Waals surface area contributed by atoms with Crippen molar-refractivity contribution in [3.8, 4) is 0 Å². The van der Waals surface area contributed by atoms with Crippen LogP contribution in [-0.4, -0.2) is 49.0 Å². The molecular formula is C12H21N3O2. The van der Waals surface area contributed by atoms with E-state index < -0.39 is 12.2 Å². The van der Waals surface area contributed by atoms with Crippen molar-refractivity contribution in [1.29, 1.82) is 0 Å². The highest BCUT2D eigenvalue weighted by molar-refractivity contribution is 5.37. The molecule has 0 saturated carbocycles. The minimum atomic E-state index is -0.882. The Bertz CT molecular complexity index is 327. The van der Waals surface area contributed by atoms with Gasteiger partial charge in [-0.1, -0.05) is 6.07 Å². The van der Waals surface area contributed by atoms with Crippen LogP contribution in [-0.2, 0) is 0 Å². The average molecular weight is 239 g/mol. The summed E-state index contributed by atoms with van der Waals surface area (Å²) in [5.74, 6) is 0.825. The van der Waals surface area contributed by atoms with Crippen LogP contribution in [0, 0.1) is 0 Å². The number of aliphatic hydroxyl groups is 2. The Kier molecular flexibility index (Phi) is 5.34. The van der Waals surface area contributed by atoms with Crippen molar-refractivity contribution in [3.63, 3.8) is 0 Å². The van der Waals surface area contributed by atoms with Gasteiger partial charge in [-0.25, -0.2) is 4.98 Å². The molecule has 0 aromatic carbocycles. The molecule has 0 radical (unpaired) electrons. The minimum absolute atomic E-state index is 0.507. The molecule has 2 atom stereocenters. The average Bonchev–Trinajstić information content (AvgIpc) is 2.35. The van der Waals surface area contributed by atoms with Crippen LogP contribution in [0.1, 0.15) is 18.1 Å². The van der Waals surface area contributed by atoms with Gasteiger partial charge < -0.3 is 20.4 Å². The number of aromatic nitrogens is 1. The smallest absolute Gasteiger partial charge is 0.127 e. The Morgan fingerprint density at radius 1 is 1.35 bits per heavy atom. The topological polar surface area (TPSA) is 68.6 Å². The monoisotopic (exact) mass is 239 g/mol. The van der Waals surface area contributed by atoms with Crippen LogP contribution < -0.4 is 10.2 Å². The van der Waals surface area contributed by atoms with Crippen molar-refractivity contribution in [1.82, 2.24) is 10.3 Å². The normalized spacial score (nSPS) is 14.4. The Labute approximate surface area is 102 Å². The predicted octanol–water partition coefficient (Wildman–Crippen LogP) is 0.151. The van der Waals surface area contributed by atoms with Gasteiger partial charge in [0.2, 0.25) is 0 Å². The third kappa shape index (κ3) is 3.96. The highest BCUT2D eigenvalue weighted by Gasteiger charge is 2.18. The van der Waals surface area contributed by atoms with E-state index in [9.17, 15) is 10.2 Å². The largest absolute Gasteiger partial charge is 0.390 e. The van der Waals surface area contributed by atoms with Gasteiger partial charge in [-0.3, -0.25) is 0 Å². The maximum Gasteiger partial charge on any atom is 0.127 e. The fraction of sp³-hybridized carbons (Fsp3) is 0.583. The standard InChI is InChI=1S/C12H21N3O2/c1-13-7-6-10(16)12(17)9-4-5-11(14-8-9)15(2)3/h4-5,8,10,12-13,16-17H,6-7H2,1-3H3. The molecule has 5 heteroatoms. The number of anilines is 1. The first kappa shape index (κ1) is 13.9. The van der Waals surface area contributed by atoms with Gasteiger partial charge in [0, 0.05) is 25.9 Å². The third-order valence-corrected chi connectivity index (χ3v) is 2.63. The summed E-state index contributed by atoms with van der Waals surface area (Å²) < 4.78 is 0. The summed E-state index contributed by atoms with van der Waals surface area (Å²) in [5.41, 5.74) is 0.638. The summed E-state index contributed by atoms with van der Waals surface area (Å²) >= 11 is 0. The molecule has 96 valence electrons. The van der Waals surface area contributed by atoms with E-state index in [1.165, 1.54) is 0 Å². The first-order chi connectivity index (χ1) is 8.06. The Morgan fingerprint density at radius 2 is 2.06 bits per heavy atom. The number of hydrogen-bond donors (Lipinski definition) is 3. The molecule has 0 amide bonds. The summed E-state index contributed by atoms with van der Waals surface area (Å²) in [6, 6.07) is 3.61. The summed E-state index contributed by atoms with van der Waals surface area (Å²) in [5, 5.41) is 22.6. The van der Waals surface area contributed by atoms with Gasteiger partial charge in [-0.15, -0.1) is 0 Å². The van der Waals surface area contributed by atoms with Crippen LogP contribution in [0.3, 0.4) is 0 Å². The SMILES string of the molecule is CNCCC(O)C(O)c1ccc(N(C)C)nc1. The zero-order chi connectivity index (χ0) is 12.8. The van der Waals surface area contributed by atoms with Gasteiger partial charge in [0.1, 0.15) is 11.9 Å². The van der Waals surface area contributed by atoms with Crippen molar-refractivity contribution in [2.24, 2.45) is 0 Å². The lowest BCUT2D eigenvalue weighted by molar-refractivity contribution is 0.0138. The van der Waals surface area contributed by atoms with Crippen LogP contribution in [0.25, 0.3) is 0 Å². The second kappa shape index (κ2) is 6.54. The molecular weight excluding hydrogens is 218 g/mol. The molecule has 0 aliphatic rings. The van der Waals surface area contributed by atoms with Gasteiger partial charge in [-0.05, 0) is 26.1 Å². The van der Waals surface area contributed by atoms with Crippen LogP contribution in [0.2, 0.25) is 0 Å². The van der Waals surface area contributed by atoms with Crippen LogP contribution in [0.4, 0.5) is 5.82 Å². The minimum Gasteiger partial charge on any atom is -0.390 e. The highest BCUT2D eigenvalue weighted by atomic mass is 16.3. The van der Waals surface area contributed by atoms with Crippen molar-refractivity contribution in [2.75, 3.05) is 32.6 Å². The van der Waals surface area contributed by atoms with E-state index in [2.05, 4.69) is 10.3 Å². The van der Waals surface area contributed by atoms with E-state index in [1.54, 1.807) is 12.3 Å². The van der Waals surface area contributed by atoms with E-state index in [0.29, 0.717) is 18.5 Å². The lowest BCUT2D eigenvalue weighted by atomic mass is 10.0. The van der Waals surface area contributed by atoms with Gasteiger partial charge in [0.25, 0.3) is 0 Å². The number of pyridine rings is 1. The Hall–Kier alpha value is -1.17. The number of nitrogens with one attached hydrogen (secondary N) is 1. The van der Waals surface area contributed by atoms with Crippen LogP contribution in [0.15, 0.2) is 18.3 Å². The molecule has 1 aromatic rings. The van der Waals surface area contributed by atoms with E-state index in [0.717, 1.165) is 5.82 Å². The molecule has 1 aromatic heterocycles. The second-order valence-corrected chi connectivity index (χ2v) is 4.25. The van der Waals surface area contributed by atoms with Gasteiger partial charge >= 0.3 is 0 Å². The van der Waals surface area contributed by atoms with E-state index >= 15 is 0 Å². The molecule has 0 aliphatic carbocycles. The Morgan fingerprint density at radius 3 is 2.53 bits per heavy atom. The quantitative estimate of drug-likeness (QED) is 0.659. The zero-order valence-corrected chi connectivity index (χ0v) is 10.6. The first-order valence-electron chi connectivity index (χ1n) is 5.70. The first-order valence-corrected chi connectivity index (χ1v) is 5.70. The molecule has 2 unspecified atom stereocenters. The molecule has 3 N–H and O–H groups in total. The number of hydrogen-bond acceptors (Lipinski definition) is 5. The van der Waals surface area contributed by atoms with Crippen molar-refractivity contribution >= 4 is 5.82 Å². The Balaban J connectivity index is 2.65. The fourth-order valence-corrected chi connectivity index (χ4v) is 1.51. The van der Waals surface area contributed by atoms with Gasteiger partial charge in [0.05, 0.1) is 6.10 Å². The van der Waals surface area contributed by atoms with Crippen molar-refractivity contribution < 1.29 is 10.2 Å². The lowest BCUT2D eigenvalue weighted by Crippen LogP contribution is -2.23. The summed E-state index contributed by atoms with van der Waals surface area (Å²) in [6.45, 7) is 0.668. The molecule has 0 saturated heterocycles. The number of nitrogens with zero attached hydrogens (tertiary/aromatic N) is 2. The van der Waals surface area contributed by atoms with Crippen LogP contribution in [0.5, 0.6) is 0 Å². The molecule has 0 spiro atoms. The number of aliphatic hydroxyl groups excluding tert-OH is 2. The fourth-order valence-electron chi connectivity index (χ4n) is 1.51. The maximum absolute atomic E-state index is 9.91. The molecule has 0 bridgehead atoms. The third-order valence-electron chi connectivity index (χ3n) is 2.63. The summed E-state index contributed by atoms with van der Waals surface area (Å²) in [7, 11) is 5.62. The zero-order valence-electron chi connectivity index (χ0n) is 10.6. The lowest BCUT2D eigenvalue weighted by Gasteiger charge is -2.18. The highest BCUT2D eigenvalue weighted by Crippen LogP contribution is 2.19. The van der Waals surface area contributed by atoms with Crippen LogP contribution >= 0.6 is 0 Å². The molecule has 0 fully saturated rings. The van der Waals surface area contributed by atoms with Gasteiger partial charge in [0.15, 0.2) is 0 Å². The van der Waals surface area contributed by atoms with Gasteiger partial charge in [-0.2, -0.15) is 0 Å². The predicted molar refractivity (Wildman–Crippen MR) is 68.1 cm³/mol. The maximum atomic E-state index is 9.91. The van der Waals surface area contributed by atoms with E-state index in [1.807, 2.05) is 32.1 Å². The summed E-state index contributed by atoms with van der Waals surface area (Å²) in [4.78, 5) is 6.08. The molecule has 1 rings (SSSR count). The molecule has 5 nitrogen and oxygen atoms in total. The number of rotatable bonds is 6. The summed E-state index contributed by atoms with van der Waals surface area (Å²) in [6.07, 6.45) is 0.455. The van der Waals surface area contributed by atoms with Crippen molar-refractivity contribution in [3.05, 3.63) is 23.9 Å². The molecule has 17 heavy (non-hydrogen) atoms. The second-order valence-electron chi connectivity index (χ2n) is 4.25. The molecule has 1 heterocycles. The van der Waals surface area contributed by atoms with E-state index in [-0.39, 0.29) is 0 Å². The van der Waals surface area contributed by atoms with Crippen molar-refractivity contribution in [2.45, 2.75) is 18.6 Å². The molecule has 0 aliphatic heterocycles. The van der Waals surface area contributed by atoms with E-state index in [4.69, 9.17) is 0 Å².